The van der Waals surface area contributed by atoms with Crippen LogP contribution in [0.2, 0.25) is 0 Å². The topological polar surface area (TPSA) is 44.0 Å². The number of rotatable bonds is 5. The SMILES string of the molecule is c1cc2cn[nH]c2cc1CN(CC1CCCN1)C1CC1. The summed E-state index contributed by atoms with van der Waals surface area (Å²) in [5.41, 5.74) is 2.55. The second-order valence-corrected chi connectivity index (χ2v) is 6.25. The van der Waals surface area contributed by atoms with E-state index >= 15 is 0 Å². The molecule has 1 unspecified atom stereocenters. The van der Waals surface area contributed by atoms with E-state index in [1.807, 2.05) is 6.20 Å². The van der Waals surface area contributed by atoms with Gasteiger partial charge in [0.1, 0.15) is 0 Å². The van der Waals surface area contributed by atoms with Crippen LogP contribution in [0.5, 0.6) is 0 Å². The van der Waals surface area contributed by atoms with Gasteiger partial charge in [-0.05, 0) is 43.9 Å². The van der Waals surface area contributed by atoms with Crippen molar-refractivity contribution in [2.75, 3.05) is 13.1 Å². The van der Waals surface area contributed by atoms with Crippen molar-refractivity contribution in [1.82, 2.24) is 20.4 Å². The van der Waals surface area contributed by atoms with Crippen molar-refractivity contribution in [3.05, 3.63) is 30.0 Å². The van der Waals surface area contributed by atoms with E-state index in [2.05, 4.69) is 38.6 Å². The molecule has 1 aliphatic carbocycles. The van der Waals surface area contributed by atoms with Crippen LogP contribution in [0.3, 0.4) is 0 Å². The van der Waals surface area contributed by atoms with Crippen molar-refractivity contribution < 1.29 is 0 Å². The van der Waals surface area contributed by atoms with E-state index in [0.717, 1.165) is 18.1 Å². The quantitative estimate of drug-likeness (QED) is 0.876. The zero-order chi connectivity index (χ0) is 13.4. The molecule has 4 rings (SSSR count). The molecule has 106 valence electrons. The van der Waals surface area contributed by atoms with E-state index in [9.17, 15) is 0 Å². The third-order valence-corrected chi connectivity index (χ3v) is 4.57. The van der Waals surface area contributed by atoms with Gasteiger partial charge in [-0.3, -0.25) is 10.00 Å². The molecule has 1 aromatic heterocycles. The van der Waals surface area contributed by atoms with Crippen molar-refractivity contribution in [3.8, 4) is 0 Å². The summed E-state index contributed by atoms with van der Waals surface area (Å²) in [7, 11) is 0. The van der Waals surface area contributed by atoms with Gasteiger partial charge in [-0.1, -0.05) is 12.1 Å². The van der Waals surface area contributed by atoms with Crippen LogP contribution >= 0.6 is 0 Å². The van der Waals surface area contributed by atoms with Gasteiger partial charge >= 0.3 is 0 Å². The molecule has 2 fully saturated rings. The molecule has 4 heteroatoms. The number of fused-ring (bicyclic) bond motifs is 1. The highest BCUT2D eigenvalue weighted by Crippen LogP contribution is 2.29. The molecule has 20 heavy (non-hydrogen) atoms. The third kappa shape index (κ3) is 2.58. The zero-order valence-corrected chi connectivity index (χ0v) is 11.8. The first-order valence-electron chi connectivity index (χ1n) is 7.78. The van der Waals surface area contributed by atoms with Crippen LogP contribution in [-0.4, -0.2) is 40.3 Å². The Morgan fingerprint density at radius 2 is 2.20 bits per heavy atom. The molecule has 1 aliphatic heterocycles. The molecule has 2 N–H and O–H groups in total. The Hall–Kier alpha value is -1.39. The fraction of sp³-hybridized carbons (Fsp3) is 0.562. The number of hydrogen-bond acceptors (Lipinski definition) is 3. The molecule has 1 saturated carbocycles. The number of benzene rings is 1. The first-order valence-corrected chi connectivity index (χ1v) is 7.78. The Labute approximate surface area is 119 Å². The minimum absolute atomic E-state index is 0.700. The van der Waals surface area contributed by atoms with E-state index in [4.69, 9.17) is 0 Å². The molecule has 0 spiro atoms. The van der Waals surface area contributed by atoms with Crippen molar-refractivity contribution in [3.63, 3.8) is 0 Å². The first-order chi connectivity index (χ1) is 9.88. The van der Waals surface area contributed by atoms with E-state index in [1.165, 1.54) is 49.7 Å². The van der Waals surface area contributed by atoms with E-state index in [0.29, 0.717) is 6.04 Å². The van der Waals surface area contributed by atoms with Gasteiger partial charge in [0, 0.05) is 30.6 Å². The summed E-state index contributed by atoms with van der Waals surface area (Å²) >= 11 is 0. The van der Waals surface area contributed by atoms with Crippen LogP contribution in [0.4, 0.5) is 0 Å². The molecule has 2 heterocycles. The Kier molecular flexibility index (Phi) is 3.20. The predicted octanol–water partition coefficient (Wildman–Crippen LogP) is 2.28. The molecule has 2 aliphatic rings. The van der Waals surface area contributed by atoms with Gasteiger partial charge in [-0.2, -0.15) is 5.10 Å². The molecule has 1 atom stereocenters. The second-order valence-electron chi connectivity index (χ2n) is 6.25. The van der Waals surface area contributed by atoms with E-state index < -0.39 is 0 Å². The Morgan fingerprint density at radius 1 is 1.25 bits per heavy atom. The van der Waals surface area contributed by atoms with Crippen LogP contribution in [0.1, 0.15) is 31.2 Å². The van der Waals surface area contributed by atoms with Crippen LogP contribution in [0.25, 0.3) is 10.9 Å². The van der Waals surface area contributed by atoms with Crippen LogP contribution < -0.4 is 5.32 Å². The molecular formula is C16H22N4. The average Bonchev–Trinajstić information content (AvgIpc) is 2.99. The highest BCUT2D eigenvalue weighted by atomic mass is 15.2. The number of nitrogens with zero attached hydrogens (tertiary/aromatic N) is 2. The van der Waals surface area contributed by atoms with Crippen molar-refractivity contribution in [1.29, 1.82) is 0 Å². The van der Waals surface area contributed by atoms with Crippen molar-refractivity contribution in [2.24, 2.45) is 0 Å². The summed E-state index contributed by atoms with van der Waals surface area (Å²) in [6.45, 7) is 3.47. The molecule has 0 radical (unpaired) electrons. The zero-order valence-electron chi connectivity index (χ0n) is 11.8. The van der Waals surface area contributed by atoms with Crippen molar-refractivity contribution in [2.45, 2.75) is 44.3 Å². The minimum Gasteiger partial charge on any atom is -0.313 e. The maximum absolute atomic E-state index is 4.10. The van der Waals surface area contributed by atoms with Crippen molar-refractivity contribution >= 4 is 10.9 Å². The van der Waals surface area contributed by atoms with Crippen LogP contribution in [0.15, 0.2) is 24.4 Å². The van der Waals surface area contributed by atoms with Gasteiger partial charge in [-0.15, -0.1) is 0 Å². The maximum atomic E-state index is 4.10. The molecule has 1 aromatic carbocycles. The minimum atomic E-state index is 0.700. The number of hydrogen-bond donors (Lipinski definition) is 2. The number of aromatic nitrogens is 2. The molecular weight excluding hydrogens is 248 g/mol. The van der Waals surface area contributed by atoms with E-state index in [1.54, 1.807) is 0 Å². The van der Waals surface area contributed by atoms with Gasteiger partial charge in [0.05, 0.1) is 11.7 Å². The molecule has 4 nitrogen and oxygen atoms in total. The summed E-state index contributed by atoms with van der Waals surface area (Å²) in [5, 5.41) is 12.0. The monoisotopic (exact) mass is 270 g/mol. The Morgan fingerprint density at radius 3 is 3.00 bits per heavy atom. The standard InChI is InChI=1S/C16H22N4/c1-2-14(17-7-1)11-20(15-5-6-15)10-12-3-4-13-9-18-19-16(13)8-12/h3-4,8-9,14-15,17H,1-2,5-7,10-11H2,(H,18,19). The summed E-state index contributed by atoms with van der Waals surface area (Å²) in [5.74, 6) is 0. The smallest absolute Gasteiger partial charge is 0.0653 e. The highest BCUT2D eigenvalue weighted by Gasteiger charge is 2.31. The number of aromatic amines is 1. The lowest BCUT2D eigenvalue weighted by Gasteiger charge is -2.25. The molecule has 2 aromatic rings. The lowest BCUT2D eigenvalue weighted by molar-refractivity contribution is 0.231. The van der Waals surface area contributed by atoms with Gasteiger partial charge < -0.3 is 5.32 Å². The largest absolute Gasteiger partial charge is 0.313 e. The van der Waals surface area contributed by atoms with Gasteiger partial charge in [0.15, 0.2) is 0 Å². The first kappa shape index (κ1) is 12.4. The van der Waals surface area contributed by atoms with Crippen LogP contribution in [0, 0.1) is 0 Å². The van der Waals surface area contributed by atoms with Crippen LogP contribution in [-0.2, 0) is 6.54 Å². The molecule has 1 saturated heterocycles. The summed E-state index contributed by atoms with van der Waals surface area (Å²) in [6.07, 6.45) is 7.31. The Balaban J connectivity index is 1.48. The summed E-state index contributed by atoms with van der Waals surface area (Å²) in [6, 6.07) is 8.18. The second kappa shape index (κ2) is 5.19. The number of H-pyrrole nitrogens is 1. The third-order valence-electron chi connectivity index (χ3n) is 4.57. The normalized spacial score (nSPS) is 22.9. The lowest BCUT2D eigenvalue weighted by Crippen LogP contribution is -2.38. The predicted molar refractivity (Wildman–Crippen MR) is 80.6 cm³/mol. The van der Waals surface area contributed by atoms with E-state index in [-0.39, 0.29) is 0 Å². The fourth-order valence-corrected chi connectivity index (χ4v) is 3.30. The van der Waals surface area contributed by atoms with Gasteiger partial charge in [0.2, 0.25) is 0 Å². The molecule has 0 amide bonds. The summed E-state index contributed by atoms with van der Waals surface area (Å²) < 4.78 is 0. The summed E-state index contributed by atoms with van der Waals surface area (Å²) in [4.78, 5) is 2.67. The van der Waals surface area contributed by atoms with Gasteiger partial charge in [0.25, 0.3) is 0 Å². The fourth-order valence-electron chi connectivity index (χ4n) is 3.30. The Bertz CT molecular complexity index is 581. The number of nitrogens with one attached hydrogen (secondary N) is 2. The maximum Gasteiger partial charge on any atom is 0.0653 e. The lowest BCUT2D eigenvalue weighted by atomic mass is 10.1. The highest BCUT2D eigenvalue weighted by molar-refractivity contribution is 5.78. The van der Waals surface area contributed by atoms with Gasteiger partial charge in [-0.25, -0.2) is 0 Å². The molecule has 0 bridgehead atoms. The average molecular weight is 270 g/mol.